The molecule has 1 aromatic rings. The quantitative estimate of drug-likeness (QED) is 0.787. The molecule has 0 unspecified atom stereocenters. The molecule has 1 saturated heterocycles. The fourth-order valence-electron chi connectivity index (χ4n) is 2.31. The van der Waals surface area contributed by atoms with Crippen molar-refractivity contribution in [1.29, 1.82) is 0 Å². The van der Waals surface area contributed by atoms with Crippen LogP contribution in [-0.4, -0.2) is 61.9 Å². The fraction of sp³-hybridized carbons (Fsp3) is 0.533. The molecule has 0 aromatic heterocycles. The van der Waals surface area contributed by atoms with E-state index in [4.69, 9.17) is 9.47 Å². The zero-order chi connectivity index (χ0) is 15.2. The van der Waals surface area contributed by atoms with Gasteiger partial charge in [-0.2, -0.15) is 0 Å². The molecular formula is C15H22N2O4. The van der Waals surface area contributed by atoms with Crippen LogP contribution in [0.3, 0.4) is 0 Å². The molecule has 0 radical (unpaired) electrons. The predicted molar refractivity (Wildman–Crippen MR) is 78.5 cm³/mol. The van der Waals surface area contributed by atoms with Gasteiger partial charge in [0.1, 0.15) is 6.61 Å². The van der Waals surface area contributed by atoms with Crippen LogP contribution in [0.2, 0.25) is 0 Å². The Balaban J connectivity index is 1.78. The standard InChI is InChI=1S/C15H22N2O4/c1-17(15(19)12-9-11(18)10-16-12)7-8-21-14-6-4-3-5-13(14)20-2/h3-6,11-12,16,18H,7-10H2,1-2H3/t11-,12+/m0/s1. The Morgan fingerprint density at radius 1 is 1.43 bits per heavy atom. The number of nitrogens with zero attached hydrogens (tertiary/aromatic N) is 1. The largest absolute Gasteiger partial charge is 0.493 e. The minimum Gasteiger partial charge on any atom is -0.493 e. The Labute approximate surface area is 124 Å². The average Bonchev–Trinajstić information content (AvgIpc) is 2.93. The molecule has 1 aliphatic rings. The van der Waals surface area contributed by atoms with Crippen LogP contribution in [0.15, 0.2) is 24.3 Å². The van der Waals surface area contributed by atoms with Crippen LogP contribution in [0.25, 0.3) is 0 Å². The fourth-order valence-corrected chi connectivity index (χ4v) is 2.31. The number of amides is 1. The maximum Gasteiger partial charge on any atom is 0.239 e. The van der Waals surface area contributed by atoms with Crippen LogP contribution in [0.1, 0.15) is 6.42 Å². The van der Waals surface area contributed by atoms with Gasteiger partial charge < -0.3 is 24.8 Å². The molecule has 1 aliphatic heterocycles. The molecule has 0 spiro atoms. The molecule has 2 atom stereocenters. The summed E-state index contributed by atoms with van der Waals surface area (Å²) in [6, 6.07) is 7.11. The Kier molecular flexibility index (Phi) is 5.41. The van der Waals surface area contributed by atoms with Crippen LogP contribution >= 0.6 is 0 Å². The second-order valence-corrected chi connectivity index (χ2v) is 5.11. The first kappa shape index (κ1) is 15.6. The molecule has 21 heavy (non-hydrogen) atoms. The second-order valence-electron chi connectivity index (χ2n) is 5.11. The van der Waals surface area contributed by atoms with Gasteiger partial charge in [0, 0.05) is 13.6 Å². The first-order chi connectivity index (χ1) is 10.1. The van der Waals surface area contributed by atoms with E-state index in [0.29, 0.717) is 37.6 Å². The van der Waals surface area contributed by atoms with Crippen molar-refractivity contribution in [3.8, 4) is 11.5 Å². The maximum absolute atomic E-state index is 12.1. The van der Waals surface area contributed by atoms with Crippen LogP contribution in [0.4, 0.5) is 0 Å². The van der Waals surface area contributed by atoms with Crippen LogP contribution in [0.5, 0.6) is 11.5 Å². The van der Waals surface area contributed by atoms with Crippen molar-refractivity contribution in [2.24, 2.45) is 0 Å². The van der Waals surface area contributed by atoms with Crippen LogP contribution in [-0.2, 0) is 4.79 Å². The number of likely N-dealkylation sites (N-methyl/N-ethyl adjacent to an activating group) is 1. The van der Waals surface area contributed by atoms with E-state index in [2.05, 4.69) is 5.32 Å². The van der Waals surface area contributed by atoms with Crippen molar-refractivity contribution in [2.45, 2.75) is 18.6 Å². The molecule has 0 saturated carbocycles. The third-order valence-electron chi connectivity index (χ3n) is 3.54. The van der Waals surface area contributed by atoms with E-state index in [0.717, 1.165) is 0 Å². The molecule has 116 valence electrons. The number of hydrogen-bond acceptors (Lipinski definition) is 5. The van der Waals surface area contributed by atoms with E-state index in [9.17, 15) is 9.90 Å². The number of ether oxygens (including phenoxy) is 2. The van der Waals surface area contributed by atoms with Gasteiger partial charge in [0.05, 0.1) is 25.8 Å². The van der Waals surface area contributed by atoms with Gasteiger partial charge in [0.2, 0.25) is 5.91 Å². The first-order valence-corrected chi connectivity index (χ1v) is 7.04. The molecule has 6 heteroatoms. The van der Waals surface area contributed by atoms with Crippen molar-refractivity contribution in [1.82, 2.24) is 10.2 Å². The number of carbonyl (C=O) groups excluding carboxylic acids is 1. The molecule has 6 nitrogen and oxygen atoms in total. The monoisotopic (exact) mass is 294 g/mol. The summed E-state index contributed by atoms with van der Waals surface area (Å²) in [6.45, 7) is 1.34. The van der Waals surface area contributed by atoms with Gasteiger partial charge >= 0.3 is 0 Å². The minimum atomic E-state index is -0.433. The van der Waals surface area contributed by atoms with Crippen molar-refractivity contribution in [2.75, 3.05) is 33.9 Å². The number of carbonyl (C=O) groups is 1. The van der Waals surface area contributed by atoms with Crippen molar-refractivity contribution >= 4 is 5.91 Å². The third-order valence-corrected chi connectivity index (χ3v) is 3.54. The van der Waals surface area contributed by atoms with Crippen molar-refractivity contribution < 1.29 is 19.4 Å². The highest BCUT2D eigenvalue weighted by Gasteiger charge is 2.29. The highest BCUT2D eigenvalue weighted by atomic mass is 16.5. The zero-order valence-corrected chi connectivity index (χ0v) is 12.4. The molecule has 1 fully saturated rings. The van der Waals surface area contributed by atoms with Gasteiger partial charge in [-0.3, -0.25) is 4.79 Å². The van der Waals surface area contributed by atoms with E-state index in [1.807, 2.05) is 24.3 Å². The van der Waals surface area contributed by atoms with Gasteiger partial charge in [-0.05, 0) is 18.6 Å². The minimum absolute atomic E-state index is 0.0184. The lowest BCUT2D eigenvalue weighted by atomic mass is 10.2. The number of hydrogen-bond donors (Lipinski definition) is 2. The zero-order valence-electron chi connectivity index (χ0n) is 12.4. The van der Waals surface area contributed by atoms with E-state index in [1.54, 1.807) is 19.1 Å². The molecule has 0 bridgehead atoms. The van der Waals surface area contributed by atoms with Crippen LogP contribution < -0.4 is 14.8 Å². The summed E-state index contributed by atoms with van der Waals surface area (Å²) >= 11 is 0. The van der Waals surface area contributed by atoms with Gasteiger partial charge in [-0.1, -0.05) is 12.1 Å². The highest BCUT2D eigenvalue weighted by molar-refractivity contribution is 5.82. The number of nitrogens with one attached hydrogen (secondary N) is 1. The number of methoxy groups -OCH3 is 1. The Morgan fingerprint density at radius 2 is 2.14 bits per heavy atom. The Bertz CT molecular complexity index is 480. The summed E-state index contributed by atoms with van der Waals surface area (Å²) in [5.41, 5.74) is 0. The number of aliphatic hydroxyl groups excluding tert-OH is 1. The number of rotatable bonds is 6. The van der Waals surface area contributed by atoms with E-state index >= 15 is 0 Å². The summed E-state index contributed by atoms with van der Waals surface area (Å²) in [5, 5.41) is 12.5. The summed E-state index contributed by atoms with van der Waals surface area (Å²) in [7, 11) is 3.33. The van der Waals surface area contributed by atoms with Gasteiger partial charge in [-0.15, -0.1) is 0 Å². The highest BCUT2D eigenvalue weighted by Crippen LogP contribution is 2.25. The molecular weight excluding hydrogens is 272 g/mol. The number of aliphatic hydroxyl groups is 1. The summed E-state index contributed by atoms with van der Waals surface area (Å²) in [4.78, 5) is 13.7. The number of β-amino-alcohol motifs (C(OH)–C–C–N with tert-alkyl or cyclic N) is 1. The van der Waals surface area contributed by atoms with Crippen molar-refractivity contribution in [3.63, 3.8) is 0 Å². The van der Waals surface area contributed by atoms with E-state index < -0.39 is 6.10 Å². The third kappa shape index (κ3) is 4.09. The molecule has 1 heterocycles. The molecule has 2 N–H and O–H groups in total. The van der Waals surface area contributed by atoms with Gasteiger partial charge in [-0.25, -0.2) is 0 Å². The molecule has 0 aliphatic carbocycles. The Morgan fingerprint density at radius 3 is 2.76 bits per heavy atom. The first-order valence-electron chi connectivity index (χ1n) is 7.04. The SMILES string of the molecule is COc1ccccc1OCCN(C)C(=O)[C@H]1C[C@H](O)CN1. The molecule has 1 aromatic carbocycles. The summed E-state index contributed by atoms with van der Waals surface area (Å²) in [5.74, 6) is 1.32. The summed E-state index contributed by atoms with van der Waals surface area (Å²) in [6.07, 6.45) is 0.0356. The Hall–Kier alpha value is -1.79. The second kappa shape index (κ2) is 7.28. The predicted octanol–water partition coefficient (Wildman–Crippen LogP) is 0.255. The number of benzene rings is 1. The normalized spacial score (nSPS) is 21.1. The van der Waals surface area contributed by atoms with E-state index in [-0.39, 0.29) is 11.9 Å². The molecule has 1 amide bonds. The average molecular weight is 294 g/mol. The van der Waals surface area contributed by atoms with Crippen molar-refractivity contribution in [3.05, 3.63) is 24.3 Å². The van der Waals surface area contributed by atoms with E-state index in [1.165, 1.54) is 0 Å². The maximum atomic E-state index is 12.1. The van der Waals surface area contributed by atoms with Crippen LogP contribution in [0, 0.1) is 0 Å². The lowest BCUT2D eigenvalue weighted by Gasteiger charge is -2.21. The molecule has 2 rings (SSSR count). The van der Waals surface area contributed by atoms with Gasteiger partial charge in [0.25, 0.3) is 0 Å². The number of para-hydroxylation sites is 2. The lowest BCUT2D eigenvalue weighted by Crippen LogP contribution is -2.43. The lowest BCUT2D eigenvalue weighted by molar-refractivity contribution is -0.132. The smallest absolute Gasteiger partial charge is 0.239 e. The summed E-state index contributed by atoms with van der Waals surface area (Å²) < 4.78 is 10.8. The van der Waals surface area contributed by atoms with Gasteiger partial charge in [0.15, 0.2) is 11.5 Å². The topological polar surface area (TPSA) is 71.0 Å².